The van der Waals surface area contributed by atoms with Crippen LogP contribution in [-0.4, -0.2) is 9.96 Å². The van der Waals surface area contributed by atoms with Crippen LogP contribution in [0.4, 0.5) is 13.2 Å². The molecule has 0 amide bonds. The van der Waals surface area contributed by atoms with Crippen molar-refractivity contribution in [2.75, 3.05) is 0 Å². The molecule has 0 aromatic carbocycles. The molecule has 5 heteroatoms. The van der Waals surface area contributed by atoms with E-state index in [1.54, 1.807) is 15.9 Å². The maximum atomic E-state index is 12.1. The third-order valence-electron chi connectivity index (χ3n) is 0.587. The minimum absolute atomic E-state index is 0.0727. The van der Waals surface area contributed by atoms with Crippen LogP contribution in [0, 0.1) is 6.58 Å². The quantitative estimate of drug-likeness (QED) is 0.630. The standard InChI is InChI=1S/C4H2BrClF3/c1-2-3(6,7)4(5,8)9/h1-2H. The average molecular weight is 222 g/mol. The van der Waals surface area contributed by atoms with Crippen molar-refractivity contribution >= 4 is 27.5 Å². The lowest BCUT2D eigenvalue weighted by Gasteiger charge is -2.17. The summed E-state index contributed by atoms with van der Waals surface area (Å²) in [5, 5.41) is -3.31. The van der Waals surface area contributed by atoms with Crippen LogP contribution in [0.1, 0.15) is 0 Å². The maximum absolute atomic E-state index is 12.1. The summed E-state index contributed by atoms with van der Waals surface area (Å²) in [5.41, 5.74) is 0. The van der Waals surface area contributed by atoms with Crippen LogP contribution in [-0.2, 0) is 0 Å². The van der Waals surface area contributed by atoms with E-state index in [4.69, 9.17) is 0 Å². The van der Waals surface area contributed by atoms with Gasteiger partial charge in [-0.1, -0.05) is 18.2 Å². The van der Waals surface area contributed by atoms with Crippen molar-refractivity contribution in [3.05, 3.63) is 12.7 Å². The summed E-state index contributed by atoms with van der Waals surface area (Å²) in [4.78, 5) is -3.82. The van der Waals surface area contributed by atoms with Gasteiger partial charge in [-0.2, -0.15) is 8.78 Å². The molecule has 0 bridgehead atoms. The number of allylic oxidation sites excluding steroid dienone is 1. The van der Waals surface area contributed by atoms with E-state index >= 15 is 0 Å². The first-order chi connectivity index (χ1) is 3.81. The van der Waals surface area contributed by atoms with Crippen molar-refractivity contribution in [3.63, 3.8) is 0 Å². The van der Waals surface area contributed by atoms with Gasteiger partial charge in [0.05, 0.1) is 0 Å². The summed E-state index contributed by atoms with van der Waals surface area (Å²) >= 11 is 6.26. The van der Waals surface area contributed by atoms with Crippen LogP contribution in [0.5, 0.6) is 0 Å². The number of rotatable bonds is 2. The maximum Gasteiger partial charge on any atom is 0.352 e. The monoisotopic (exact) mass is 221 g/mol. The third-order valence-corrected chi connectivity index (χ3v) is 1.76. The highest BCUT2D eigenvalue weighted by molar-refractivity contribution is 9.10. The molecule has 0 spiro atoms. The molecule has 0 aliphatic rings. The Hall–Kier alpha value is 0.300. The molecule has 1 radical (unpaired) electrons. The molecule has 0 aromatic heterocycles. The van der Waals surface area contributed by atoms with Gasteiger partial charge < -0.3 is 0 Å². The molecule has 53 valence electrons. The molecule has 0 aromatic rings. The minimum atomic E-state index is -3.82. The zero-order valence-corrected chi connectivity index (χ0v) is 6.39. The van der Waals surface area contributed by atoms with E-state index < -0.39 is 9.96 Å². The van der Waals surface area contributed by atoms with Gasteiger partial charge in [-0.3, -0.25) is 0 Å². The molecule has 0 nitrogen and oxygen atoms in total. The van der Waals surface area contributed by atoms with Gasteiger partial charge in [0.2, 0.25) is 0 Å². The SMILES string of the molecule is [CH]=CC(F)(Cl)C(F)(F)Br. The van der Waals surface area contributed by atoms with Gasteiger partial charge in [0, 0.05) is 0 Å². The molecule has 0 saturated heterocycles. The number of alkyl halides is 5. The Labute approximate surface area is 63.8 Å². The van der Waals surface area contributed by atoms with Gasteiger partial charge in [0.15, 0.2) is 0 Å². The zero-order chi connectivity index (χ0) is 7.71. The molecule has 0 fully saturated rings. The van der Waals surface area contributed by atoms with E-state index in [0.717, 1.165) is 0 Å². The summed E-state index contributed by atoms with van der Waals surface area (Å²) in [6.45, 7) is 4.45. The summed E-state index contributed by atoms with van der Waals surface area (Å²) in [6, 6.07) is 0. The second-order valence-electron chi connectivity index (χ2n) is 1.29. The van der Waals surface area contributed by atoms with Crippen LogP contribution in [0.2, 0.25) is 0 Å². The minimum Gasteiger partial charge on any atom is -0.214 e. The predicted molar refractivity (Wildman–Crippen MR) is 32.4 cm³/mol. The highest BCUT2D eigenvalue weighted by atomic mass is 79.9. The van der Waals surface area contributed by atoms with E-state index in [1.807, 2.05) is 0 Å². The highest BCUT2D eigenvalue weighted by Gasteiger charge is 2.49. The van der Waals surface area contributed by atoms with Crippen LogP contribution < -0.4 is 0 Å². The highest BCUT2D eigenvalue weighted by Crippen LogP contribution is 2.41. The summed E-state index contributed by atoms with van der Waals surface area (Å²) < 4.78 is 35.7. The number of hydrogen-bond acceptors (Lipinski definition) is 0. The normalized spacial score (nSPS) is 18.8. The fourth-order valence-corrected chi connectivity index (χ4v) is 0.227. The molecule has 0 saturated carbocycles. The van der Waals surface area contributed by atoms with E-state index in [2.05, 4.69) is 18.2 Å². The Morgan fingerprint density at radius 1 is 1.44 bits per heavy atom. The first kappa shape index (κ1) is 9.30. The van der Waals surface area contributed by atoms with Crippen LogP contribution >= 0.6 is 27.5 Å². The van der Waals surface area contributed by atoms with Crippen molar-refractivity contribution in [3.8, 4) is 0 Å². The summed E-state index contributed by atoms with van der Waals surface area (Å²) in [6.07, 6.45) is 0.0727. The van der Waals surface area contributed by atoms with Gasteiger partial charge in [0.25, 0.3) is 5.13 Å². The van der Waals surface area contributed by atoms with Crippen molar-refractivity contribution in [2.24, 2.45) is 0 Å². The van der Waals surface area contributed by atoms with Gasteiger partial charge >= 0.3 is 4.83 Å². The van der Waals surface area contributed by atoms with E-state index in [9.17, 15) is 13.2 Å². The fraction of sp³-hybridized carbons (Fsp3) is 0.500. The van der Waals surface area contributed by atoms with Gasteiger partial charge in [0.1, 0.15) is 0 Å². The van der Waals surface area contributed by atoms with E-state index in [-0.39, 0.29) is 6.08 Å². The Morgan fingerprint density at radius 2 is 1.78 bits per heavy atom. The Bertz CT molecular complexity index is 117. The molecular formula is C4H2BrClF3. The number of hydrogen-bond donors (Lipinski definition) is 0. The molecule has 0 heterocycles. The van der Waals surface area contributed by atoms with Gasteiger partial charge in [-0.15, -0.1) is 0 Å². The first-order valence-electron chi connectivity index (χ1n) is 1.82. The lowest BCUT2D eigenvalue weighted by Crippen LogP contribution is -2.30. The summed E-state index contributed by atoms with van der Waals surface area (Å²) in [5.74, 6) is 0. The average Bonchev–Trinajstić information content (AvgIpc) is 1.64. The van der Waals surface area contributed by atoms with E-state index in [0.29, 0.717) is 0 Å². The van der Waals surface area contributed by atoms with Crippen LogP contribution in [0.3, 0.4) is 0 Å². The van der Waals surface area contributed by atoms with Crippen LogP contribution in [0.25, 0.3) is 0 Å². The molecular weight excluding hydrogens is 220 g/mol. The van der Waals surface area contributed by atoms with Crippen molar-refractivity contribution in [1.29, 1.82) is 0 Å². The second kappa shape index (κ2) is 2.50. The molecule has 0 aliphatic heterocycles. The Morgan fingerprint density at radius 3 is 1.78 bits per heavy atom. The molecule has 1 atom stereocenters. The smallest absolute Gasteiger partial charge is 0.214 e. The van der Waals surface area contributed by atoms with Gasteiger partial charge in [-0.05, 0) is 22.0 Å². The second-order valence-corrected chi connectivity index (χ2v) is 2.83. The number of halogens is 5. The van der Waals surface area contributed by atoms with Crippen molar-refractivity contribution in [1.82, 2.24) is 0 Å². The van der Waals surface area contributed by atoms with Gasteiger partial charge in [-0.25, -0.2) is 4.39 Å². The topological polar surface area (TPSA) is 0 Å². The molecule has 0 aliphatic carbocycles. The molecule has 0 N–H and O–H groups in total. The Balaban J connectivity index is 4.32. The molecule has 9 heavy (non-hydrogen) atoms. The lowest BCUT2D eigenvalue weighted by atomic mass is 10.4. The largest absolute Gasteiger partial charge is 0.352 e. The zero-order valence-electron chi connectivity index (χ0n) is 4.04. The predicted octanol–water partition coefficient (Wildman–Crippen LogP) is 2.87. The first-order valence-corrected chi connectivity index (χ1v) is 2.99. The molecule has 1 unspecified atom stereocenters. The van der Waals surface area contributed by atoms with Crippen molar-refractivity contribution < 1.29 is 13.2 Å². The third kappa shape index (κ3) is 2.18. The molecule has 0 rings (SSSR count). The lowest BCUT2D eigenvalue weighted by molar-refractivity contribution is 0.0219. The van der Waals surface area contributed by atoms with Crippen LogP contribution in [0.15, 0.2) is 6.08 Å². The summed E-state index contributed by atoms with van der Waals surface area (Å²) in [7, 11) is 0. The van der Waals surface area contributed by atoms with E-state index in [1.165, 1.54) is 0 Å². The fourth-order valence-electron chi connectivity index (χ4n) is 0.0945. The Kier molecular flexibility index (Phi) is 2.58. The van der Waals surface area contributed by atoms with Crippen molar-refractivity contribution in [2.45, 2.75) is 9.96 Å².